The monoisotopic (exact) mass is 1680 g/mol. The highest BCUT2D eigenvalue weighted by atomic mass is 28.3. The summed E-state index contributed by atoms with van der Waals surface area (Å²) >= 11 is 0. The summed E-state index contributed by atoms with van der Waals surface area (Å²) in [6, 6.07) is 34.4. The van der Waals surface area contributed by atoms with E-state index in [1.165, 1.54) is 15.2 Å². The van der Waals surface area contributed by atoms with E-state index < -0.39 is 331 Å². The summed E-state index contributed by atoms with van der Waals surface area (Å²) < 4.78 is 388. The van der Waals surface area contributed by atoms with E-state index in [4.69, 9.17) is 62.8 Å². The van der Waals surface area contributed by atoms with Gasteiger partial charge in [-0.25, -0.2) is 0 Å². The van der Waals surface area contributed by atoms with Crippen molar-refractivity contribution in [1.82, 2.24) is 48.2 Å². The number of rotatable bonds is 16. The molecule has 12 heteroatoms. The summed E-state index contributed by atoms with van der Waals surface area (Å²) in [5, 5.41) is 1.99. The second kappa shape index (κ2) is 31.6. The Kier molecular flexibility index (Phi) is 10.7. The normalized spacial score (nSPS) is 16.5. The fourth-order valence-corrected chi connectivity index (χ4v) is 25.9. The minimum Gasteiger partial charge on any atom is -0.278 e. The van der Waals surface area contributed by atoms with Gasteiger partial charge < -0.3 is 0 Å². The zero-order chi connectivity index (χ0) is 120. The Morgan fingerprint density at radius 1 is 0.175 bits per heavy atom. The molecule has 0 spiro atoms. The molecule has 0 aliphatic rings. The van der Waals surface area contributed by atoms with Crippen molar-refractivity contribution in [1.29, 1.82) is 0 Å². The lowest BCUT2D eigenvalue weighted by Crippen LogP contribution is -2.74. The van der Waals surface area contributed by atoms with Gasteiger partial charge in [0.1, 0.15) is 0 Å². The zero-order valence-electron chi connectivity index (χ0n) is 107. The fraction of sp³-hybridized carbons (Fsp3) is 0. The van der Waals surface area contributed by atoms with Gasteiger partial charge in [-0.05, 0) is 112 Å². The van der Waals surface area contributed by atoms with Crippen LogP contribution >= 0.6 is 0 Å². The first-order valence-electron chi connectivity index (χ1n) is 60.3. The summed E-state index contributed by atoms with van der Waals surface area (Å²) in [6.45, 7) is 0. The number of para-hydroxylation sites is 8. The molecule has 10 nitrogen and oxygen atoms in total. The Balaban J connectivity index is 0.000000180. The second-order valence-electron chi connectivity index (χ2n) is 28.9. The van der Waals surface area contributed by atoms with Crippen LogP contribution in [-0.2, 0) is 0 Å². The number of fused-ring (bicyclic) bond motifs is 12. The minimum atomic E-state index is -4.48. The van der Waals surface area contributed by atoms with Gasteiger partial charge in [0, 0.05) is 54.2 Å². The van der Waals surface area contributed by atoms with Gasteiger partial charge in [0.05, 0.1) is 102 Å². The third-order valence-electron chi connectivity index (χ3n) is 22.1. The average molecular weight is 1690 g/mol. The van der Waals surface area contributed by atoms with Gasteiger partial charge >= 0.3 is 0 Å². The topological polar surface area (TPSA) is 97.1 Å². The van der Waals surface area contributed by atoms with Crippen LogP contribution in [0.15, 0.2) is 472 Å². The van der Waals surface area contributed by atoms with E-state index in [-0.39, 0.29) is 84.0 Å². The summed E-state index contributed by atoms with van der Waals surface area (Å²) in [5.74, 6) is -3.41. The van der Waals surface area contributed by atoms with Gasteiger partial charge in [0.25, 0.3) is 0 Å². The highest BCUT2D eigenvalue weighted by Gasteiger charge is 2.44. The highest BCUT2D eigenvalue weighted by Crippen LogP contribution is 2.38. The maximum atomic E-state index is 10.7. The summed E-state index contributed by atoms with van der Waals surface area (Å²) in [5.41, 5.74) is -2.50. The molecule has 0 atom stereocenters. The number of aromatic nitrogens is 10. The molecule has 0 aliphatic carbocycles. The Labute approximate surface area is 789 Å². The molecular formula is C114H78N10Si2. The Hall–Kier alpha value is -16.4. The molecule has 0 N–H and O–H groups in total. The maximum Gasteiger partial charge on any atom is 0.240 e. The molecule has 6 heterocycles. The summed E-state index contributed by atoms with van der Waals surface area (Å²) in [4.78, 5) is 29.3. The number of hydrogen-bond acceptors (Lipinski definition) is 6. The van der Waals surface area contributed by atoms with Gasteiger partial charge in [-0.3, -0.25) is 18.3 Å². The van der Waals surface area contributed by atoms with E-state index in [9.17, 15) is 24.7 Å². The highest BCUT2D eigenvalue weighted by molar-refractivity contribution is 7.20. The summed E-state index contributed by atoms with van der Waals surface area (Å²) in [7, 11) is -8.73. The molecule has 0 saturated heterocycles. The van der Waals surface area contributed by atoms with Crippen molar-refractivity contribution in [2.45, 2.75) is 0 Å². The van der Waals surface area contributed by atoms with Gasteiger partial charge in [-0.15, -0.1) is 0 Å². The quantitative estimate of drug-likeness (QED) is 0.0706. The first-order chi connectivity index (χ1) is 80.0. The van der Waals surface area contributed by atoms with Crippen molar-refractivity contribution in [3.05, 3.63) is 472 Å². The average Bonchev–Trinajstić information content (AvgIpc) is 1.44. The number of nitrogens with zero attached hydrogens (tertiary/aromatic N) is 10. The minimum absolute atomic E-state index is 0.00965. The van der Waals surface area contributed by atoms with E-state index in [2.05, 4.69) is 0 Å². The molecular weight excluding hydrogens is 1570 g/mol. The lowest BCUT2D eigenvalue weighted by atomic mass is 10.1. The van der Waals surface area contributed by atoms with E-state index in [1.54, 1.807) is 188 Å². The lowest BCUT2D eigenvalue weighted by molar-refractivity contribution is 0.892. The molecule has 0 radical (unpaired) electrons. The van der Waals surface area contributed by atoms with Crippen molar-refractivity contribution in [2.75, 3.05) is 0 Å². The molecule has 24 aromatic rings. The Morgan fingerprint density at radius 3 is 0.746 bits per heavy atom. The van der Waals surface area contributed by atoms with Crippen molar-refractivity contribution < 1.29 is 57.6 Å². The van der Waals surface area contributed by atoms with Crippen LogP contribution in [0.5, 0.6) is 0 Å². The van der Waals surface area contributed by atoms with E-state index in [1.807, 2.05) is 24.3 Å². The van der Waals surface area contributed by atoms with Crippen LogP contribution in [0.25, 0.3) is 156 Å². The predicted molar refractivity (Wildman–Crippen MR) is 526 cm³/mol. The third-order valence-corrected chi connectivity index (χ3v) is 31.3. The molecule has 0 aliphatic heterocycles. The Bertz CT molecular complexity index is 10400. The molecule has 0 fully saturated rings. The van der Waals surface area contributed by atoms with Gasteiger partial charge in [-0.1, -0.05) is 424 Å². The predicted octanol–water partition coefficient (Wildman–Crippen LogP) is 21.6. The van der Waals surface area contributed by atoms with Crippen LogP contribution in [0.4, 0.5) is 0 Å². The van der Waals surface area contributed by atoms with Crippen LogP contribution in [0, 0.1) is 0 Å². The number of benzene rings is 18. The van der Waals surface area contributed by atoms with Crippen molar-refractivity contribution in [3.63, 3.8) is 0 Å². The van der Waals surface area contributed by atoms with Crippen LogP contribution < -0.4 is 41.5 Å². The first kappa shape index (κ1) is 42.9. The molecule has 592 valence electrons. The summed E-state index contributed by atoms with van der Waals surface area (Å²) in [6.07, 6.45) is 0. The van der Waals surface area contributed by atoms with E-state index in [0.29, 0.717) is 52.9 Å². The third kappa shape index (κ3) is 12.6. The molecule has 18 aromatic carbocycles. The Morgan fingerprint density at radius 2 is 0.429 bits per heavy atom. The molecule has 0 unspecified atom stereocenters. The molecule has 24 rings (SSSR count). The lowest BCUT2D eigenvalue weighted by Gasteiger charge is -2.35. The van der Waals surface area contributed by atoms with Crippen molar-refractivity contribution in [3.8, 4) is 68.8 Å². The van der Waals surface area contributed by atoms with Crippen LogP contribution in [0.1, 0.15) is 57.6 Å². The second-order valence-corrected chi connectivity index (χ2v) is 36.3. The van der Waals surface area contributed by atoms with Crippen molar-refractivity contribution >= 4 is 145 Å². The standard InChI is InChI=1S/2C57H39N5Si/c2*1-4-20-40(21-5-1)41-22-18-28-45(38-41)63(43-24-6-2-7-25-43,44-26-8-3-9-27-44)46-29-19-23-42(39-46)55-58-56(61-51-34-14-10-30-47(51)48-31-11-15-35-52(48)61)60-57(59-55)62-53-36-16-12-32-49(53)50-33-13-17-37-54(50)62/h2*1-39H/i1D,4D,5D,10D,11D,12D,13D,14D,15D,16D,17D,19D,20D,21D,23D,29D,30D,31D,32D,33D,34D,35D,36D,37D,39D;1D,4D,5D,10D,12D,14D,16D,19D,20D,21D,23D,29D,30D,32D,34D,36D,39D. The molecule has 126 heavy (non-hydrogen) atoms. The van der Waals surface area contributed by atoms with E-state index in [0.717, 1.165) is 9.13 Å². The van der Waals surface area contributed by atoms with Gasteiger partial charge in [0.15, 0.2) is 27.8 Å². The van der Waals surface area contributed by atoms with Crippen LogP contribution in [0.3, 0.4) is 0 Å². The van der Waals surface area contributed by atoms with Crippen LogP contribution in [-0.4, -0.2) is 64.3 Å². The van der Waals surface area contributed by atoms with E-state index >= 15 is 0 Å². The maximum absolute atomic E-state index is 10.7. The van der Waals surface area contributed by atoms with Gasteiger partial charge in [-0.2, -0.15) is 29.9 Å². The molecule has 0 bridgehead atoms. The smallest absolute Gasteiger partial charge is 0.240 e. The number of hydrogen-bond donors (Lipinski definition) is 0. The van der Waals surface area contributed by atoms with Gasteiger partial charge in [0.2, 0.25) is 23.8 Å². The molecule has 0 saturated carbocycles. The zero-order valence-corrected chi connectivity index (χ0v) is 67.3. The van der Waals surface area contributed by atoms with Crippen LogP contribution in [0.2, 0.25) is 0 Å². The molecule has 0 amide bonds. The largest absolute Gasteiger partial charge is 0.278 e. The van der Waals surface area contributed by atoms with Crippen molar-refractivity contribution in [2.24, 2.45) is 0 Å². The first-order valence-corrected chi connectivity index (χ1v) is 43.3. The molecule has 6 aromatic heterocycles. The SMILES string of the molecule is [2H]c1c([2H])c([2H])c(-c2cccc([Si](c3ccccc3)(c3ccccc3)c3c([2H])c([2H])c([2H])c(-c4nc(-n5c6c([2H])c([2H])c([2H])c([2H])c6c6c([2H])c([2H])c([2H])c([2H])c65)nc(-n5c6c([2H])c([2H])c([2H])c([2H])c6c6c([2H])c([2H])c([2H])c([2H])c65)n4)c3[2H])c2)c([2H])c1[2H].[2H]c1c([2H])c([2H])c(-c2cccc([Si](c3ccccc3)(c3ccccc3)c3c([2H])c([2H])c([2H])c(-c4nc(-n5c6ccccc6c6c([2H])c([2H])c([2H])c([2H])c65)nc(-n5c6ccccc6c6c([2H])c([2H])c([2H])c([2H])c65)n4)c3[2H])c2)c([2H])c1[2H]. The fourth-order valence-electron chi connectivity index (χ4n) is 16.8.